The Kier molecular flexibility index (Phi) is 5.28. The van der Waals surface area contributed by atoms with E-state index in [-0.39, 0.29) is 17.8 Å². The van der Waals surface area contributed by atoms with E-state index in [1.54, 1.807) is 30.3 Å². The molecule has 1 aromatic carbocycles. The lowest BCUT2D eigenvalue weighted by Crippen LogP contribution is -2.42. The van der Waals surface area contributed by atoms with Gasteiger partial charge in [-0.15, -0.1) is 0 Å². The Balaban J connectivity index is 1.70. The first kappa shape index (κ1) is 17.3. The molecule has 1 fully saturated rings. The van der Waals surface area contributed by atoms with Crippen LogP contribution in [0, 0.1) is 0 Å². The molecule has 134 valence electrons. The molecule has 0 aliphatic carbocycles. The SMILES string of the molecule is CN(C(=O)n1cnc(-c2ccc(OC(F)F)cc2)c1)C1CCOCC1. The molecule has 1 aliphatic rings. The number of alkyl halides is 2. The maximum absolute atomic E-state index is 12.6. The van der Waals surface area contributed by atoms with Crippen LogP contribution in [0.15, 0.2) is 36.8 Å². The highest BCUT2D eigenvalue weighted by molar-refractivity contribution is 5.78. The predicted octanol–water partition coefficient (Wildman–Crippen LogP) is 3.23. The Morgan fingerprint density at radius 2 is 2.00 bits per heavy atom. The second-order valence-electron chi connectivity index (χ2n) is 5.81. The zero-order valence-corrected chi connectivity index (χ0v) is 13.8. The van der Waals surface area contributed by atoms with Crippen LogP contribution in [0.2, 0.25) is 0 Å². The number of rotatable bonds is 4. The Morgan fingerprint density at radius 3 is 2.64 bits per heavy atom. The highest BCUT2D eigenvalue weighted by atomic mass is 19.3. The maximum atomic E-state index is 12.6. The lowest BCUT2D eigenvalue weighted by Gasteiger charge is -2.30. The summed E-state index contributed by atoms with van der Waals surface area (Å²) in [6.45, 7) is -1.54. The Labute approximate surface area is 144 Å². The van der Waals surface area contributed by atoms with Gasteiger partial charge in [-0.2, -0.15) is 8.78 Å². The number of carbonyl (C=O) groups is 1. The number of imidazole rings is 1. The molecule has 8 heteroatoms. The van der Waals surface area contributed by atoms with Crippen molar-refractivity contribution in [3.8, 4) is 17.0 Å². The van der Waals surface area contributed by atoms with Gasteiger partial charge >= 0.3 is 12.6 Å². The molecule has 25 heavy (non-hydrogen) atoms. The fourth-order valence-corrected chi connectivity index (χ4v) is 2.79. The zero-order chi connectivity index (χ0) is 17.8. The summed E-state index contributed by atoms with van der Waals surface area (Å²) >= 11 is 0. The van der Waals surface area contributed by atoms with Crippen molar-refractivity contribution in [2.24, 2.45) is 0 Å². The summed E-state index contributed by atoms with van der Waals surface area (Å²) in [5, 5.41) is 0. The highest BCUT2D eigenvalue weighted by Gasteiger charge is 2.23. The molecule has 0 N–H and O–H groups in total. The molecule has 1 aromatic heterocycles. The summed E-state index contributed by atoms with van der Waals surface area (Å²) < 4.78 is 35.4. The van der Waals surface area contributed by atoms with E-state index in [1.165, 1.54) is 23.0 Å². The van der Waals surface area contributed by atoms with E-state index in [1.807, 2.05) is 0 Å². The van der Waals surface area contributed by atoms with Crippen molar-refractivity contribution in [1.29, 1.82) is 0 Å². The molecular weight excluding hydrogens is 332 g/mol. The fourth-order valence-electron chi connectivity index (χ4n) is 2.79. The molecule has 0 saturated carbocycles. The summed E-state index contributed by atoms with van der Waals surface area (Å²) in [7, 11) is 1.77. The van der Waals surface area contributed by atoms with Crippen LogP contribution < -0.4 is 4.74 Å². The van der Waals surface area contributed by atoms with E-state index in [0.29, 0.717) is 24.5 Å². The van der Waals surface area contributed by atoms with Gasteiger partial charge in [0.15, 0.2) is 0 Å². The van der Waals surface area contributed by atoms with Crippen molar-refractivity contribution in [1.82, 2.24) is 14.5 Å². The second kappa shape index (κ2) is 7.60. The average Bonchev–Trinajstić information content (AvgIpc) is 3.11. The monoisotopic (exact) mass is 351 g/mol. The summed E-state index contributed by atoms with van der Waals surface area (Å²) in [4.78, 5) is 18.5. The number of hydrogen-bond donors (Lipinski definition) is 0. The van der Waals surface area contributed by atoms with Crippen molar-refractivity contribution >= 4 is 6.03 Å². The van der Waals surface area contributed by atoms with Gasteiger partial charge in [-0.05, 0) is 37.1 Å². The smallest absolute Gasteiger partial charge is 0.387 e. The molecule has 2 heterocycles. The number of benzene rings is 1. The van der Waals surface area contributed by atoms with Gasteiger partial charge in [0.05, 0.1) is 5.69 Å². The quantitative estimate of drug-likeness (QED) is 0.849. The van der Waals surface area contributed by atoms with Crippen molar-refractivity contribution in [3.63, 3.8) is 0 Å². The largest absolute Gasteiger partial charge is 0.435 e. The normalized spacial score (nSPS) is 15.4. The van der Waals surface area contributed by atoms with Crippen LogP contribution >= 0.6 is 0 Å². The number of amides is 1. The van der Waals surface area contributed by atoms with Gasteiger partial charge in [0, 0.05) is 38.1 Å². The number of carbonyl (C=O) groups excluding carboxylic acids is 1. The molecule has 0 radical (unpaired) electrons. The van der Waals surface area contributed by atoms with Crippen LogP contribution in [0.5, 0.6) is 5.75 Å². The molecule has 0 atom stereocenters. The minimum Gasteiger partial charge on any atom is -0.435 e. The summed E-state index contributed by atoms with van der Waals surface area (Å²) in [6, 6.07) is 6.11. The van der Waals surface area contributed by atoms with E-state index in [0.717, 1.165) is 12.8 Å². The average molecular weight is 351 g/mol. The first-order chi connectivity index (χ1) is 12.0. The van der Waals surface area contributed by atoms with Crippen LogP contribution in [-0.4, -0.2) is 53.4 Å². The van der Waals surface area contributed by atoms with Crippen LogP contribution in [0.4, 0.5) is 13.6 Å². The zero-order valence-electron chi connectivity index (χ0n) is 13.8. The molecule has 0 spiro atoms. The van der Waals surface area contributed by atoms with Gasteiger partial charge in [0.1, 0.15) is 12.1 Å². The van der Waals surface area contributed by atoms with E-state index in [2.05, 4.69) is 9.72 Å². The Morgan fingerprint density at radius 1 is 1.32 bits per heavy atom. The lowest BCUT2D eigenvalue weighted by molar-refractivity contribution is -0.0498. The minimum atomic E-state index is -2.86. The van der Waals surface area contributed by atoms with Crippen LogP contribution in [0.3, 0.4) is 0 Å². The van der Waals surface area contributed by atoms with Gasteiger partial charge in [0.25, 0.3) is 0 Å². The van der Waals surface area contributed by atoms with Crippen molar-refractivity contribution in [3.05, 3.63) is 36.8 Å². The van der Waals surface area contributed by atoms with Crippen molar-refractivity contribution < 1.29 is 23.0 Å². The molecule has 0 unspecified atom stereocenters. The maximum Gasteiger partial charge on any atom is 0.387 e. The van der Waals surface area contributed by atoms with Crippen molar-refractivity contribution in [2.75, 3.05) is 20.3 Å². The lowest BCUT2D eigenvalue weighted by atomic mass is 10.1. The van der Waals surface area contributed by atoms with E-state index in [9.17, 15) is 13.6 Å². The number of nitrogens with zero attached hydrogens (tertiary/aromatic N) is 3. The minimum absolute atomic E-state index is 0.0773. The van der Waals surface area contributed by atoms with Gasteiger partial charge in [-0.3, -0.25) is 4.57 Å². The summed E-state index contributed by atoms with van der Waals surface area (Å²) in [6.07, 6.45) is 4.71. The summed E-state index contributed by atoms with van der Waals surface area (Å²) in [5.41, 5.74) is 1.29. The van der Waals surface area contributed by atoms with E-state index in [4.69, 9.17) is 4.74 Å². The van der Waals surface area contributed by atoms with Crippen LogP contribution in [-0.2, 0) is 4.74 Å². The second-order valence-corrected chi connectivity index (χ2v) is 5.81. The highest BCUT2D eigenvalue weighted by Crippen LogP contribution is 2.22. The first-order valence-electron chi connectivity index (χ1n) is 7.99. The topological polar surface area (TPSA) is 56.6 Å². The number of ether oxygens (including phenoxy) is 2. The Bertz CT molecular complexity index is 712. The number of halogens is 2. The molecule has 6 nitrogen and oxygen atoms in total. The van der Waals surface area contributed by atoms with Gasteiger partial charge in [0.2, 0.25) is 0 Å². The molecule has 0 bridgehead atoms. The third-order valence-electron chi connectivity index (χ3n) is 4.22. The van der Waals surface area contributed by atoms with E-state index >= 15 is 0 Å². The van der Waals surface area contributed by atoms with Gasteiger partial charge in [-0.1, -0.05) is 0 Å². The standard InChI is InChI=1S/C17H19F2N3O3/c1-21(13-6-8-24-9-7-13)17(23)22-10-15(20-11-22)12-2-4-14(5-3-12)25-16(18)19/h2-5,10-11,13,16H,6-9H2,1H3. The molecular formula is C17H19F2N3O3. The number of aromatic nitrogens is 2. The molecule has 1 saturated heterocycles. The summed E-state index contributed by atoms with van der Waals surface area (Å²) in [5.74, 6) is 0.0773. The third-order valence-corrected chi connectivity index (χ3v) is 4.22. The molecule has 2 aromatic rings. The molecule has 1 amide bonds. The van der Waals surface area contributed by atoms with Crippen LogP contribution in [0.25, 0.3) is 11.3 Å². The predicted molar refractivity (Wildman–Crippen MR) is 86.7 cm³/mol. The molecule has 3 rings (SSSR count). The van der Waals surface area contributed by atoms with Gasteiger partial charge in [-0.25, -0.2) is 9.78 Å². The third kappa shape index (κ3) is 4.14. The van der Waals surface area contributed by atoms with Crippen LogP contribution in [0.1, 0.15) is 12.8 Å². The Hall–Kier alpha value is -2.48. The molecule has 1 aliphatic heterocycles. The fraction of sp³-hybridized carbons (Fsp3) is 0.412. The number of hydrogen-bond acceptors (Lipinski definition) is 4. The first-order valence-corrected chi connectivity index (χ1v) is 7.99. The van der Waals surface area contributed by atoms with Gasteiger partial charge < -0.3 is 14.4 Å². The van der Waals surface area contributed by atoms with Crippen molar-refractivity contribution in [2.45, 2.75) is 25.5 Å². The van der Waals surface area contributed by atoms with E-state index < -0.39 is 6.61 Å².